The number of benzene rings is 7. The normalized spacial score (nSPS) is 11.6. The third-order valence-corrected chi connectivity index (χ3v) is 11.6. The van der Waals surface area contributed by atoms with E-state index < -0.39 is 0 Å². The quantitative estimate of drug-likeness (QED) is 0.171. The lowest BCUT2D eigenvalue weighted by atomic mass is 9.94. The fraction of sp³-hybridized carbons (Fsp3) is 0. The van der Waals surface area contributed by atoms with Crippen LogP contribution in [-0.4, -0.2) is 24.5 Å². The molecule has 11 rings (SSSR count). The van der Waals surface area contributed by atoms with Crippen LogP contribution < -0.4 is 0 Å². The number of thiophene rings is 1. The van der Waals surface area contributed by atoms with E-state index in [1.165, 1.54) is 30.9 Å². The van der Waals surface area contributed by atoms with Gasteiger partial charge in [-0.15, -0.1) is 11.3 Å². The van der Waals surface area contributed by atoms with Crippen LogP contribution in [0.25, 0.3) is 104 Å². The number of hydrogen-bond acceptors (Lipinski definition) is 5. The van der Waals surface area contributed by atoms with Crippen molar-refractivity contribution in [2.45, 2.75) is 0 Å². The summed E-state index contributed by atoms with van der Waals surface area (Å²) in [6.07, 6.45) is 1.85. The van der Waals surface area contributed by atoms with Gasteiger partial charge in [-0.25, -0.2) is 19.9 Å². The number of hydrogen-bond donors (Lipinski definition) is 0. The molecule has 0 amide bonds. The molecule has 0 fully saturated rings. The highest BCUT2D eigenvalue weighted by Gasteiger charge is 2.18. The van der Waals surface area contributed by atoms with E-state index in [0.29, 0.717) is 17.5 Å². The van der Waals surface area contributed by atoms with E-state index in [1.54, 1.807) is 0 Å². The molecule has 4 aromatic heterocycles. The largest absolute Gasteiger partial charge is 0.294 e. The summed E-state index contributed by atoms with van der Waals surface area (Å²) in [6, 6.07) is 63.9. The topological polar surface area (TPSA) is 56.5 Å². The number of para-hydroxylation sites is 1. The van der Waals surface area contributed by atoms with Crippen molar-refractivity contribution in [1.82, 2.24) is 24.5 Å². The third-order valence-electron chi connectivity index (χ3n) is 10.5. The first-order chi connectivity index (χ1) is 27.7. The Morgan fingerprint density at radius 3 is 1.57 bits per heavy atom. The maximum absolute atomic E-state index is 5.15. The van der Waals surface area contributed by atoms with Gasteiger partial charge in [-0.3, -0.25) is 4.57 Å². The Hall–Kier alpha value is -7.28. The summed E-state index contributed by atoms with van der Waals surface area (Å²) in [5, 5.41) is 4.88. The van der Waals surface area contributed by atoms with Crippen LogP contribution in [0.5, 0.6) is 0 Å². The maximum Gasteiger partial charge on any atom is 0.164 e. The first-order valence-electron chi connectivity index (χ1n) is 18.6. The van der Waals surface area contributed by atoms with E-state index in [1.807, 2.05) is 90.3 Å². The summed E-state index contributed by atoms with van der Waals surface area (Å²) in [7, 11) is 0. The molecule has 4 heterocycles. The first-order valence-corrected chi connectivity index (χ1v) is 19.4. The van der Waals surface area contributed by atoms with E-state index in [4.69, 9.17) is 19.9 Å². The van der Waals surface area contributed by atoms with Gasteiger partial charge in [0.25, 0.3) is 0 Å². The molecule has 0 aliphatic heterocycles. The number of aromatic nitrogens is 5. The van der Waals surface area contributed by atoms with Gasteiger partial charge < -0.3 is 0 Å². The molecule has 0 saturated carbocycles. The maximum atomic E-state index is 5.15. The van der Waals surface area contributed by atoms with E-state index >= 15 is 0 Å². The minimum atomic E-state index is 0.621. The molecule has 0 radical (unpaired) electrons. The molecule has 5 nitrogen and oxygen atoms in total. The second-order valence-electron chi connectivity index (χ2n) is 13.9. The molecule has 0 bridgehead atoms. The van der Waals surface area contributed by atoms with Crippen molar-refractivity contribution in [2.24, 2.45) is 0 Å². The first kappa shape index (κ1) is 32.2. The zero-order chi connectivity index (χ0) is 37.0. The van der Waals surface area contributed by atoms with Gasteiger partial charge >= 0.3 is 0 Å². The lowest BCUT2D eigenvalue weighted by Gasteiger charge is -2.13. The molecule has 56 heavy (non-hydrogen) atoms. The van der Waals surface area contributed by atoms with Crippen LogP contribution in [0.4, 0.5) is 0 Å². The Kier molecular flexibility index (Phi) is 7.60. The third kappa shape index (κ3) is 5.54. The van der Waals surface area contributed by atoms with E-state index in [-0.39, 0.29) is 0 Å². The van der Waals surface area contributed by atoms with E-state index in [9.17, 15) is 0 Å². The van der Waals surface area contributed by atoms with E-state index in [2.05, 4.69) is 114 Å². The summed E-state index contributed by atoms with van der Waals surface area (Å²) in [5.74, 6) is 2.79. The number of pyridine rings is 1. The standard InChI is InChI=1S/C50H31N5S/c1-3-13-32(14-4-1)48-52-49(33-15-5-2-6-16-33)54-50(53-48)38-28-36(27-37(29-38)35-23-25-46-42(31-35)40-18-8-10-20-45(40)56-46)34-22-24-44-41(30-34)39-17-7-9-19-43(39)55(44)47-21-11-12-26-51-47/h1-31H. The average molecular weight is 734 g/mol. The van der Waals surface area contributed by atoms with Gasteiger partial charge in [0.05, 0.1) is 11.0 Å². The van der Waals surface area contributed by atoms with Gasteiger partial charge in [-0.1, -0.05) is 115 Å². The Morgan fingerprint density at radius 2 is 0.875 bits per heavy atom. The molecule has 0 aliphatic carbocycles. The average Bonchev–Trinajstić information content (AvgIpc) is 3.82. The number of fused-ring (bicyclic) bond motifs is 6. The summed E-state index contributed by atoms with van der Waals surface area (Å²) in [6.45, 7) is 0. The van der Waals surface area contributed by atoms with Gasteiger partial charge in [0.1, 0.15) is 5.82 Å². The highest BCUT2D eigenvalue weighted by atomic mass is 32.1. The van der Waals surface area contributed by atoms with Crippen molar-refractivity contribution in [2.75, 3.05) is 0 Å². The second kappa shape index (κ2) is 13.2. The van der Waals surface area contributed by atoms with Crippen molar-refractivity contribution in [1.29, 1.82) is 0 Å². The fourth-order valence-electron chi connectivity index (χ4n) is 7.82. The molecule has 0 spiro atoms. The Morgan fingerprint density at radius 1 is 0.339 bits per heavy atom. The van der Waals surface area contributed by atoms with Gasteiger partial charge in [-0.05, 0) is 89.0 Å². The molecule has 7 aromatic carbocycles. The van der Waals surface area contributed by atoms with Crippen molar-refractivity contribution in [3.8, 4) is 62.2 Å². The van der Waals surface area contributed by atoms with Crippen LogP contribution in [0, 0.1) is 0 Å². The lowest BCUT2D eigenvalue weighted by molar-refractivity contribution is 1.07. The lowest BCUT2D eigenvalue weighted by Crippen LogP contribution is -2.00. The van der Waals surface area contributed by atoms with Crippen molar-refractivity contribution in [3.63, 3.8) is 0 Å². The molecule has 0 aliphatic rings. The molecular weight excluding hydrogens is 703 g/mol. The van der Waals surface area contributed by atoms with Gasteiger partial charge in [0, 0.05) is 53.8 Å². The number of rotatable bonds is 6. The summed E-state index contributed by atoms with van der Waals surface area (Å²) < 4.78 is 4.82. The zero-order valence-electron chi connectivity index (χ0n) is 30.0. The Bertz CT molecular complexity index is 3190. The predicted molar refractivity (Wildman–Crippen MR) is 232 cm³/mol. The molecule has 11 aromatic rings. The molecule has 0 saturated heterocycles. The highest BCUT2D eigenvalue weighted by Crippen LogP contribution is 2.40. The van der Waals surface area contributed by atoms with E-state index in [0.717, 1.165) is 55.8 Å². The van der Waals surface area contributed by atoms with Gasteiger partial charge in [0.2, 0.25) is 0 Å². The minimum Gasteiger partial charge on any atom is -0.294 e. The predicted octanol–water partition coefficient (Wildman–Crippen LogP) is 13.1. The molecule has 0 unspecified atom stereocenters. The highest BCUT2D eigenvalue weighted by molar-refractivity contribution is 7.25. The van der Waals surface area contributed by atoms with Crippen LogP contribution in [0.3, 0.4) is 0 Å². The monoisotopic (exact) mass is 733 g/mol. The molecule has 262 valence electrons. The van der Waals surface area contributed by atoms with Crippen molar-refractivity contribution < 1.29 is 0 Å². The fourth-order valence-corrected chi connectivity index (χ4v) is 8.91. The molecule has 0 N–H and O–H groups in total. The van der Waals surface area contributed by atoms with Crippen molar-refractivity contribution in [3.05, 3.63) is 188 Å². The van der Waals surface area contributed by atoms with Crippen LogP contribution in [-0.2, 0) is 0 Å². The summed E-state index contributed by atoms with van der Waals surface area (Å²) >= 11 is 1.83. The second-order valence-corrected chi connectivity index (χ2v) is 15.0. The van der Waals surface area contributed by atoms with Crippen LogP contribution in [0.1, 0.15) is 0 Å². The molecule has 0 atom stereocenters. The van der Waals surface area contributed by atoms with Gasteiger partial charge in [0.15, 0.2) is 17.5 Å². The van der Waals surface area contributed by atoms with Crippen LogP contribution in [0.2, 0.25) is 0 Å². The van der Waals surface area contributed by atoms with Crippen molar-refractivity contribution >= 4 is 53.3 Å². The zero-order valence-corrected chi connectivity index (χ0v) is 30.9. The smallest absolute Gasteiger partial charge is 0.164 e. The summed E-state index contributed by atoms with van der Waals surface area (Å²) in [4.78, 5) is 20.0. The SMILES string of the molecule is c1ccc(-c2nc(-c3ccccc3)nc(-c3cc(-c4ccc5sc6ccccc6c5c4)cc(-c4ccc5c(c4)c4ccccc4n5-c4ccccn4)c3)n2)cc1. The van der Waals surface area contributed by atoms with Crippen LogP contribution in [0.15, 0.2) is 188 Å². The molecular formula is C50H31N5S. The van der Waals surface area contributed by atoms with Crippen LogP contribution >= 0.6 is 11.3 Å². The summed E-state index contributed by atoms with van der Waals surface area (Å²) in [5.41, 5.74) is 9.43. The Balaban J connectivity index is 1.15. The minimum absolute atomic E-state index is 0.621. The Labute approximate surface area is 326 Å². The van der Waals surface area contributed by atoms with Gasteiger partial charge in [-0.2, -0.15) is 0 Å². The number of nitrogens with zero attached hydrogens (tertiary/aromatic N) is 5. The molecule has 6 heteroatoms.